The fraction of sp³-hybridized carbons (Fsp3) is 0.319. The molecule has 12 heterocycles. The van der Waals surface area contributed by atoms with Crippen molar-refractivity contribution in [2.75, 3.05) is 0 Å². The third-order valence-corrected chi connectivity index (χ3v) is 27.4. The standard InChI is InChI=1S/C28H27N2O.C27H25N2O.C25H25N2O.3C13H12N.3Ir/c1-17-5-6-23-22-3-2-4-24(26(22)31-27(23)30-17)25-12-18(7-8-29-25)13-28-14-19-9-20(15-28)11-21(10-19)16-28;1-16-5-6-22-21-3-2-4-23(25(21)30-26(22)29-16)24-12-20(7-8-28-24)27-13-17-9-18(14-27)11-19(10-17)15-27;1-17-9-10-20-19-7-6-8-21(23(19)28-24(20)27-17)22-15-18(11-14-26-22)16-25(2)12-4-3-5-13-25;3*1-10-3-6-12(7-4-10)13-8-5-11(2)9-14-13;;;/h2-3,5-8,12,19-21H,9-11,13-16H2,1H3;2-3,5-8,12,17-19H,9-11,13-15H2,1H3;6-7,9-11,14-15H,3-5,12-13,16H2,1-2H3;3*3-6,8-9H,1-2H3;;;/q6*-1;;;/i13D2;;16D2;3*1D3,2D3;;;. The summed E-state index contributed by atoms with van der Waals surface area (Å²) in [5.74, 6) is 4.94. The van der Waals surface area contributed by atoms with Crippen LogP contribution in [0.2, 0.25) is 0 Å². The SMILES string of the molecule is Cc1ccc2c(n1)oc1c(-c3cc(C45CC6CC(CC(C6)C4)C5)ccn3)[c-]ccc12.[2H]C([2H])([2H])c1c[c-]c(-c2ccc(C([2H])([2H])[2H])cn2)cc1.[2H]C([2H])([2H])c1c[c-]c(-c2ccc(C([2H])([2H])[2H])cn2)cc1.[2H]C([2H])([2H])c1c[c-]c(-c2ccc(C([2H])([2H])[2H])cn2)cc1.[2H]C([2H])(c1ccnc(-c2[c-]ccc3c2oc2nc(C)ccc23)c1)C1(C)CCCCC1.[2H]C([2H])(c1ccnc(-c2[c-]ccc3c2oc2nc(C)ccc23)c1)C12CC3CC(CC(C3)C1)C2.[Ir].[Ir].[Ir]. The van der Waals surface area contributed by atoms with Gasteiger partial charge in [-0.05, 0) is 307 Å². The first-order chi connectivity index (χ1) is 72.5. The van der Waals surface area contributed by atoms with Crippen LogP contribution in [-0.2, 0) is 78.5 Å². The minimum absolute atomic E-state index is 0. The quantitative estimate of drug-likeness (QED) is 0.113. The number of aryl methyl sites for hydroxylation is 9. The van der Waals surface area contributed by atoms with Gasteiger partial charge in [0, 0.05) is 161 Å². The second-order valence-corrected chi connectivity index (χ2v) is 37.3. The van der Waals surface area contributed by atoms with Crippen LogP contribution >= 0.6 is 0 Å². The molecule has 9 fully saturated rings. The Kier molecular flexibility index (Phi) is 21.6. The van der Waals surface area contributed by atoms with Gasteiger partial charge >= 0.3 is 0 Å². The minimum Gasteiger partial charge on any atom is -0.486 e. The number of nitrogens with zero attached hydrogens (tertiary/aromatic N) is 9. The second kappa shape index (κ2) is 40.9. The zero-order chi connectivity index (χ0) is 108. The Morgan fingerprint density at radius 2 is 0.687 bits per heavy atom. The molecule has 0 aliphatic heterocycles. The first kappa shape index (κ1) is 70.6. The summed E-state index contributed by atoms with van der Waals surface area (Å²) in [7, 11) is 0. The fourth-order valence-corrected chi connectivity index (χ4v) is 22.2. The number of fused-ring (bicyclic) bond motifs is 9. The zero-order valence-corrected chi connectivity index (χ0v) is 81.9. The first-order valence-electron chi connectivity index (χ1n) is 56.5. The van der Waals surface area contributed by atoms with E-state index in [0.29, 0.717) is 102 Å². The third-order valence-electron chi connectivity index (χ3n) is 27.4. The van der Waals surface area contributed by atoms with Gasteiger partial charge in [-0.15, -0.1) is 161 Å². The molecule has 15 heteroatoms. The van der Waals surface area contributed by atoms with E-state index in [9.17, 15) is 2.74 Å². The molecule has 0 unspecified atom stereocenters. The molecule has 0 atom stereocenters. The summed E-state index contributed by atoms with van der Waals surface area (Å²) in [4.78, 5) is 39.8. The molecule has 685 valence electrons. The van der Waals surface area contributed by atoms with E-state index in [1.165, 1.54) is 143 Å². The Bertz CT molecular complexity index is 7610. The summed E-state index contributed by atoms with van der Waals surface area (Å²) in [6.45, 7) is -5.03. The summed E-state index contributed by atoms with van der Waals surface area (Å²) in [6.07, 6.45) is 27.3. The van der Waals surface area contributed by atoms with Crippen LogP contribution in [-0.4, -0.2) is 44.9 Å². The van der Waals surface area contributed by atoms with Crippen molar-refractivity contribution in [2.45, 2.75) is 196 Å². The number of benzene rings is 6. The number of hydrogen-bond donors (Lipinski definition) is 0. The number of hydrogen-bond acceptors (Lipinski definition) is 12. The van der Waals surface area contributed by atoms with Crippen molar-refractivity contribution in [3.8, 4) is 67.5 Å². The molecular formula is C119H113Ir3N9O3-6. The average Bonchev–Trinajstić information content (AvgIpc) is 0.937. The molecule has 0 saturated heterocycles. The van der Waals surface area contributed by atoms with Gasteiger partial charge in [-0.1, -0.05) is 145 Å². The molecule has 6 aromatic carbocycles. The van der Waals surface area contributed by atoms with Gasteiger partial charge in [0.1, 0.15) is 0 Å². The van der Waals surface area contributed by atoms with Gasteiger partial charge in [0.05, 0.1) is 16.7 Å². The van der Waals surface area contributed by atoms with E-state index in [4.69, 9.17) is 45.7 Å². The Balaban J connectivity index is 0.000000128. The van der Waals surface area contributed by atoms with Gasteiger partial charge < -0.3 is 43.2 Å². The predicted molar refractivity (Wildman–Crippen MR) is 528 cm³/mol. The van der Waals surface area contributed by atoms with Crippen LogP contribution in [0, 0.1) is 145 Å². The van der Waals surface area contributed by atoms with E-state index in [-0.39, 0.29) is 105 Å². The Morgan fingerprint density at radius 3 is 1.03 bits per heavy atom. The largest absolute Gasteiger partial charge is 0.486 e. The van der Waals surface area contributed by atoms with Crippen molar-refractivity contribution in [3.05, 3.63) is 341 Å². The summed E-state index contributed by atoms with van der Waals surface area (Å²) >= 11 is 0. The first-order valence-corrected chi connectivity index (χ1v) is 45.5. The minimum atomic E-state index is -2.18. The van der Waals surface area contributed by atoms with Gasteiger partial charge in [0.25, 0.3) is 0 Å². The topological polar surface area (TPSA) is 155 Å². The smallest absolute Gasteiger partial charge is 0.216 e. The summed E-state index contributed by atoms with van der Waals surface area (Å²) in [5.41, 5.74) is 19.1. The molecule has 8 bridgehead atoms. The van der Waals surface area contributed by atoms with E-state index in [1.807, 2.05) is 112 Å². The molecule has 0 amide bonds. The van der Waals surface area contributed by atoms with Crippen LogP contribution in [0.5, 0.6) is 0 Å². The molecular weight excluding hydrogens is 2180 g/mol. The fourth-order valence-electron chi connectivity index (χ4n) is 22.2. The summed E-state index contributed by atoms with van der Waals surface area (Å²) < 4.78 is 186. The van der Waals surface area contributed by atoms with Gasteiger partial charge in [-0.25, -0.2) is 15.0 Å². The zero-order valence-electron chi connectivity index (χ0n) is 96.8. The van der Waals surface area contributed by atoms with Crippen molar-refractivity contribution in [2.24, 2.45) is 46.3 Å². The van der Waals surface area contributed by atoms with Crippen LogP contribution in [0.1, 0.15) is 213 Å². The van der Waals surface area contributed by atoms with Crippen LogP contribution in [0.25, 0.3) is 134 Å². The Hall–Kier alpha value is -11.0. The third kappa shape index (κ3) is 21.0. The van der Waals surface area contributed by atoms with Crippen LogP contribution in [0.15, 0.2) is 251 Å². The second-order valence-electron chi connectivity index (χ2n) is 37.3. The van der Waals surface area contributed by atoms with Crippen molar-refractivity contribution in [1.82, 2.24) is 44.9 Å². The van der Waals surface area contributed by atoms with Gasteiger partial charge in [0.15, 0.2) is 0 Å². The molecule has 9 aliphatic carbocycles. The normalized spacial score (nSPS) is 23.3. The molecule has 9 aliphatic rings. The molecule has 0 spiro atoms. The van der Waals surface area contributed by atoms with E-state index in [2.05, 4.69) is 107 Å². The van der Waals surface area contributed by atoms with Crippen LogP contribution < -0.4 is 0 Å². The molecule has 9 saturated carbocycles. The van der Waals surface area contributed by atoms with E-state index in [0.717, 1.165) is 146 Å². The molecule has 27 rings (SSSR count). The van der Waals surface area contributed by atoms with Crippen molar-refractivity contribution < 1.29 is 104 Å². The number of aromatic nitrogens is 9. The maximum atomic E-state index is 9.37. The Labute approximate surface area is 860 Å². The van der Waals surface area contributed by atoms with Crippen molar-refractivity contribution in [3.63, 3.8) is 0 Å². The van der Waals surface area contributed by atoms with Crippen LogP contribution in [0.3, 0.4) is 0 Å². The van der Waals surface area contributed by atoms with Gasteiger partial charge in [-0.2, -0.15) is 0 Å². The maximum Gasteiger partial charge on any atom is 0.216 e. The number of rotatable bonds is 11. The molecule has 0 N–H and O–H groups in total. The van der Waals surface area contributed by atoms with E-state index < -0.39 is 53.9 Å². The number of furan rings is 3. The van der Waals surface area contributed by atoms with Crippen molar-refractivity contribution in [1.29, 1.82) is 0 Å². The Morgan fingerprint density at radius 1 is 0.343 bits per heavy atom. The molecule has 12 aromatic heterocycles. The summed E-state index contributed by atoms with van der Waals surface area (Å²) in [5, 5.41) is 6.05. The molecule has 18 aromatic rings. The number of pyridine rings is 9. The predicted octanol–water partition coefficient (Wildman–Crippen LogP) is 29.7. The van der Waals surface area contributed by atoms with Gasteiger partial charge in [-0.3, -0.25) is 0 Å². The average molecular weight is 2320 g/mol. The molecule has 134 heavy (non-hydrogen) atoms. The monoisotopic (exact) mass is 2320 g/mol. The molecule has 12 nitrogen and oxygen atoms in total. The maximum absolute atomic E-state index is 9.37. The van der Waals surface area contributed by atoms with E-state index in [1.54, 1.807) is 48.8 Å². The van der Waals surface area contributed by atoms with Crippen molar-refractivity contribution >= 4 is 66.2 Å². The summed E-state index contributed by atoms with van der Waals surface area (Å²) in [6, 6.07) is 77.4. The van der Waals surface area contributed by atoms with E-state index >= 15 is 0 Å². The molecule has 3 radical (unpaired) electrons. The van der Waals surface area contributed by atoms with Gasteiger partial charge in [0.2, 0.25) is 17.1 Å². The van der Waals surface area contributed by atoms with Crippen LogP contribution in [0.4, 0.5) is 0 Å².